The highest BCUT2D eigenvalue weighted by Gasteiger charge is 2.28. The first-order valence-corrected chi connectivity index (χ1v) is 9.08. The van der Waals surface area contributed by atoms with Gasteiger partial charge in [-0.1, -0.05) is 18.2 Å². The molecule has 0 bridgehead atoms. The molecule has 124 valence electrons. The number of amides is 2. The van der Waals surface area contributed by atoms with Crippen molar-refractivity contribution >= 4 is 27.5 Å². The number of fused-ring (bicyclic) bond motifs is 1. The topological polar surface area (TPSA) is 59.0 Å². The van der Waals surface area contributed by atoms with Crippen LogP contribution in [0.1, 0.15) is 35.6 Å². The minimum Gasteiger partial charge on any atom is -0.334 e. The molecule has 1 aromatic carbocycles. The molecule has 0 radical (unpaired) electrons. The van der Waals surface area contributed by atoms with E-state index in [1.54, 1.807) is 11.3 Å². The Hall–Kier alpha value is -2.34. The number of urea groups is 1. The highest BCUT2D eigenvalue weighted by atomic mass is 32.1. The number of carbonyl (C=O) groups is 1. The lowest BCUT2D eigenvalue weighted by Gasteiger charge is -2.10. The minimum atomic E-state index is -0.147. The molecule has 5 nitrogen and oxygen atoms in total. The summed E-state index contributed by atoms with van der Waals surface area (Å²) < 4.78 is 3.10. The summed E-state index contributed by atoms with van der Waals surface area (Å²) in [5.41, 5.74) is 3.53. The molecule has 0 saturated heterocycles. The van der Waals surface area contributed by atoms with Gasteiger partial charge in [0.15, 0.2) is 0 Å². The third kappa shape index (κ3) is 3.01. The lowest BCUT2D eigenvalue weighted by molar-refractivity contribution is 0.240. The predicted molar refractivity (Wildman–Crippen MR) is 96.1 cm³/mol. The standard InChI is InChI=1S/C18H20N4OS/c1-22-16(15(10-21-22)12-5-6-12)11-20-18(23)19-9-14-4-2-3-13-7-8-24-17(13)14/h2-4,7-8,10,12H,5-6,9,11H2,1H3,(H2,19,20,23). The summed E-state index contributed by atoms with van der Waals surface area (Å²) in [6, 6.07) is 8.14. The van der Waals surface area contributed by atoms with E-state index in [1.807, 2.05) is 24.0 Å². The van der Waals surface area contributed by atoms with Crippen LogP contribution in [0.4, 0.5) is 4.79 Å². The second-order valence-electron chi connectivity index (χ2n) is 6.24. The Bertz CT molecular complexity index is 878. The molecule has 0 unspecified atom stereocenters. The molecule has 4 rings (SSSR count). The van der Waals surface area contributed by atoms with Crippen molar-refractivity contribution in [2.75, 3.05) is 0 Å². The molecule has 24 heavy (non-hydrogen) atoms. The lowest BCUT2D eigenvalue weighted by Crippen LogP contribution is -2.35. The van der Waals surface area contributed by atoms with Gasteiger partial charge in [0.1, 0.15) is 0 Å². The van der Waals surface area contributed by atoms with Crippen LogP contribution in [-0.4, -0.2) is 15.8 Å². The van der Waals surface area contributed by atoms with Crippen molar-refractivity contribution in [1.29, 1.82) is 0 Å². The van der Waals surface area contributed by atoms with Crippen LogP contribution in [0.5, 0.6) is 0 Å². The number of thiophene rings is 1. The lowest BCUT2D eigenvalue weighted by atomic mass is 10.1. The zero-order valence-corrected chi connectivity index (χ0v) is 14.4. The van der Waals surface area contributed by atoms with Gasteiger partial charge in [-0.25, -0.2) is 4.79 Å². The van der Waals surface area contributed by atoms with Gasteiger partial charge in [0.25, 0.3) is 0 Å². The number of carbonyl (C=O) groups excluding carboxylic acids is 1. The van der Waals surface area contributed by atoms with Gasteiger partial charge in [-0.05, 0) is 46.7 Å². The predicted octanol–water partition coefficient (Wildman–Crippen LogP) is 3.51. The molecule has 1 saturated carbocycles. The molecule has 1 fully saturated rings. The van der Waals surface area contributed by atoms with Crippen molar-refractivity contribution in [3.05, 3.63) is 52.7 Å². The third-order valence-corrected chi connectivity index (χ3v) is 5.53. The maximum atomic E-state index is 12.1. The highest BCUT2D eigenvalue weighted by Crippen LogP contribution is 2.41. The smallest absolute Gasteiger partial charge is 0.315 e. The normalized spacial score (nSPS) is 14.0. The van der Waals surface area contributed by atoms with Crippen molar-refractivity contribution in [1.82, 2.24) is 20.4 Å². The average molecular weight is 340 g/mol. The van der Waals surface area contributed by atoms with Crippen LogP contribution >= 0.6 is 11.3 Å². The van der Waals surface area contributed by atoms with Crippen LogP contribution in [0.25, 0.3) is 10.1 Å². The molecule has 0 spiro atoms. The monoisotopic (exact) mass is 340 g/mol. The number of aryl methyl sites for hydroxylation is 1. The van der Waals surface area contributed by atoms with E-state index >= 15 is 0 Å². The van der Waals surface area contributed by atoms with Crippen molar-refractivity contribution in [3.63, 3.8) is 0 Å². The van der Waals surface area contributed by atoms with Gasteiger partial charge >= 0.3 is 6.03 Å². The van der Waals surface area contributed by atoms with E-state index in [0.29, 0.717) is 19.0 Å². The molecular weight excluding hydrogens is 320 g/mol. The van der Waals surface area contributed by atoms with Crippen LogP contribution in [-0.2, 0) is 20.1 Å². The van der Waals surface area contributed by atoms with E-state index in [1.165, 1.54) is 28.5 Å². The fourth-order valence-electron chi connectivity index (χ4n) is 3.03. The van der Waals surface area contributed by atoms with E-state index in [4.69, 9.17) is 0 Å². The fourth-order valence-corrected chi connectivity index (χ4v) is 3.94. The molecule has 0 aliphatic heterocycles. The van der Waals surface area contributed by atoms with E-state index in [9.17, 15) is 4.79 Å². The Labute approximate surface area is 144 Å². The van der Waals surface area contributed by atoms with Gasteiger partial charge in [-0.3, -0.25) is 4.68 Å². The molecule has 0 atom stereocenters. The Morgan fingerprint density at radius 1 is 1.29 bits per heavy atom. The molecule has 1 aliphatic carbocycles. The largest absolute Gasteiger partial charge is 0.334 e. The van der Waals surface area contributed by atoms with Crippen LogP contribution in [0.3, 0.4) is 0 Å². The number of aromatic nitrogens is 2. The summed E-state index contributed by atoms with van der Waals surface area (Å²) in [5.74, 6) is 0.634. The zero-order chi connectivity index (χ0) is 16.5. The number of hydrogen-bond acceptors (Lipinski definition) is 3. The second kappa shape index (κ2) is 6.28. The molecule has 2 N–H and O–H groups in total. The Morgan fingerprint density at radius 3 is 2.96 bits per heavy atom. The highest BCUT2D eigenvalue weighted by molar-refractivity contribution is 7.17. The number of rotatable bonds is 5. The van der Waals surface area contributed by atoms with Gasteiger partial charge < -0.3 is 10.6 Å². The first kappa shape index (κ1) is 15.2. The van der Waals surface area contributed by atoms with Gasteiger partial charge in [0.05, 0.1) is 18.4 Å². The van der Waals surface area contributed by atoms with Crippen LogP contribution in [0.2, 0.25) is 0 Å². The Balaban J connectivity index is 1.36. The van der Waals surface area contributed by atoms with Crippen LogP contribution < -0.4 is 10.6 Å². The summed E-state index contributed by atoms with van der Waals surface area (Å²) in [6.45, 7) is 1.04. The van der Waals surface area contributed by atoms with Crippen LogP contribution in [0.15, 0.2) is 35.8 Å². The van der Waals surface area contributed by atoms with Crippen molar-refractivity contribution in [2.45, 2.75) is 31.8 Å². The average Bonchev–Trinajstić information content (AvgIpc) is 3.19. The van der Waals surface area contributed by atoms with Crippen LogP contribution in [0, 0.1) is 0 Å². The van der Waals surface area contributed by atoms with Gasteiger partial charge in [-0.2, -0.15) is 5.10 Å². The molecule has 2 aromatic heterocycles. The first-order valence-electron chi connectivity index (χ1n) is 8.20. The van der Waals surface area contributed by atoms with Gasteiger partial charge in [0.2, 0.25) is 0 Å². The summed E-state index contributed by atoms with van der Waals surface area (Å²) in [6.07, 6.45) is 4.40. The molecule has 1 aliphatic rings. The summed E-state index contributed by atoms with van der Waals surface area (Å²) >= 11 is 1.71. The third-order valence-electron chi connectivity index (χ3n) is 4.53. The Kier molecular flexibility index (Phi) is 3.98. The van der Waals surface area contributed by atoms with Gasteiger partial charge in [-0.15, -0.1) is 11.3 Å². The molecule has 2 amide bonds. The van der Waals surface area contributed by atoms with Crippen molar-refractivity contribution < 1.29 is 4.79 Å². The van der Waals surface area contributed by atoms with E-state index in [-0.39, 0.29) is 6.03 Å². The SMILES string of the molecule is Cn1ncc(C2CC2)c1CNC(=O)NCc1cccc2ccsc12. The zero-order valence-electron chi connectivity index (χ0n) is 13.6. The van der Waals surface area contributed by atoms with E-state index in [0.717, 1.165) is 11.3 Å². The minimum absolute atomic E-state index is 0.147. The maximum absolute atomic E-state index is 12.1. The number of nitrogens with zero attached hydrogens (tertiary/aromatic N) is 2. The molecule has 3 aromatic rings. The summed E-state index contributed by atoms with van der Waals surface area (Å²) in [5, 5.41) is 13.5. The van der Waals surface area contributed by atoms with Gasteiger partial charge in [0, 0.05) is 18.3 Å². The first-order chi connectivity index (χ1) is 11.7. The Morgan fingerprint density at radius 2 is 2.12 bits per heavy atom. The summed E-state index contributed by atoms with van der Waals surface area (Å²) in [4.78, 5) is 12.1. The summed E-state index contributed by atoms with van der Waals surface area (Å²) in [7, 11) is 1.93. The fraction of sp³-hybridized carbons (Fsp3) is 0.333. The second-order valence-corrected chi connectivity index (χ2v) is 7.15. The quantitative estimate of drug-likeness (QED) is 0.747. The molecule has 6 heteroatoms. The van der Waals surface area contributed by atoms with E-state index < -0.39 is 0 Å². The number of benzene rings is 1. The van der Waals surface area contributed by atoms with Crippen molar-refractivity contribution in [3.8, 4) is 0 Å². The molecular formula is C18H20N4OS. The van der Waals surface area contributed by atoms with E-state index in [2.05, 4.69) is 39.3 Å². The molecule has 2 heterocycles. The maximum Gasteiger partial charge on any atom is 0.315 e. The number of hydrogen-bond donors (Lipinski definition) is 2. The van der Waals surface area contributed by atoms with Crippen molar-refractivity contribution in [2.24, 2.45) is 7.05 Å². The number of nitrogens with one attached hydrogen (secondary N) is 2.